The number of hydrogen-bond acceptors (Lipinski definition) is 3. The molecule has 0 aliphatic carbocycles. The Kier molecular flexibility index (Phi) is 7.02. The van der Waals surface area contributed by atoms with Crippen LogP contribution in [0.15, 0.2) is 24.3 Å². The molecule has 0 saturated carbocycles. The average molecular weight is 442 g/mol. The SMILES string of the molecule is CC[C@@H](C)c1ccc(OCC(=O)N2CCN(c3c(F)c(F)c(F)c(F)c3F)CC2)cc1. The van der Waals surface area contributed by atoms with Gasteiger partial charge < -0.3 is 14.5 Å². The van der Waals surface area contributed by atoms with E-state index in [4.69, 9.17) is 4.74 Å². The van der Waals surface area contributed by atoms with Gasteiger partial charge in [0.1, 0.15) is 11.4 Å². The molecule has 168 valence electrons. The molecule has 0 aromatic heterocycles. The third kappa shape index (κ3) is 4.75. The molecule has 1 fully saturated rings. The molecule has 2 aromatic carbocycles. The predicted octanol–water partition coefficient (Wildman–Crippen LogP) is 4.62. The van der Waals surface area contributed by atoms with Crippen LogP contribution < -0.4 is 9.64 Å². The lowest BCUT2D eigenvalue weighted by Gasteiger charge is -2.36. The first-order chi connectivity index (χ1) is 14.7. The van der Waals surface area contributed by atoms with Gasteiger partial charge in [0.2, 0.25) is 5.82 Å². The Hall–Kier alpha value is -2.84. The fraction of sp³-hybridized carbons (Fsp3) is 0.409. The van der Waals surface area contributed by atoms with Gasteiger partial charge in [0.15, 0.2) is 29.9 Å². The minimum atomic E-state index is -2.19. The van der Waals surface area contributed by atoms with Crippen LogP contribution in [-0.2, 0) is 4.79 Å². The molecule has 1 saturated heterocycles. The zero-order chi connectivity index (χ0) is 22.7. The van der Waals surface area contributed by atoms with Gasteiger partial charge in [-0.3, -0.25) is 4.79 Å². The van der Waals surface area contributed by atoms with E-state index in [9.17, 15) is 26.7 Å². The molecule has 0 radical (unpaired) electrons. The second-order valence-corrected chi connectivity index (χ2v) is 7.45. The van der Waals surface area contributed by atoms with E-state index in [2.05, 4.69) is 13.8 Å². The fourth-order valence-electron chi connectivity index (χ4n) is 3.42. The van der Waals surface area contributed by atoms with Gasteiger partial charge in [0.05, 0.1) is 0 Å². The molecular weight excluding hydrogens is 419 g/mol. The Bertz CT molecular complexity index is 915. The van der Waals surface area contributed by atoms with Crippen LogP contribution in [0.1, 0.15) is 31.7 Å². The highest BCUT2D eigenvalue weighted by atomic mass is 19.2. The molecule has 3 rings (SSSR count). The number of carbonyl (C=O) groups is 1. The lowest BCUT2D eigenvalue weighted by Crippen LogP contribution is -2.50. The van der Waals surface area contributed by atoms with Crippen molar-refractivity contribution >= 4 is 11.6 Å². The number of benzene rings is 2. The maximum Gasteiger partial charge on any atom is 0.260 e. The largest absolute Gasteiger partial charge is 0.484 e. The van der Waals surface area contributed by atoms with Crippen molar-refractivity contribution in [3.8, 4) is 5.75 Å². The second kappa shape index (κ2) is 9.53. The third-order valence-corrected chi connectivity index (χ3v) is 5.56. The molecule has 1 aliphatic rings. The molecule has 1 amide bonds. The number of piperazine rings is 1. The monoisotopic (exact) mass is 442 g/mol. The van der Waals surface area contributed by atoms with Gasteiger partial charge in [-0.25, -0.2) is 22.0 Å². The van der Waals surface area contributed by atoms with E-state index in [1.54, 1.807) is 12.1 Å². The molecular formula is C22H23F5N2O2. The standard InChI is InChI=1S/C22H23F5N2O2/c1-3-13(2)14-4-6-15(7-5-14)31-12-16(30)28-8-10-29(11-9-28)22-20(26)18(24)17(23)19(25)21(22)27/h4-7,13H,3,8-12H2,1-2H3/t13-/m1/s1. The first-order valence-corrected chi connectivity index (χ1v) is 10.0. The third-order valence-electron chi connectivity index (χ3n) is 5.56. The number of rotatable bonds is 6. The van der Waals surface area contributed by atoms with E-state index in [-0.39, 0.29) is 38.7 Å². The van der Waals surface area contributed by atoms with Crippen LogP contribution in [0.5, 0.6) is 5.75 Å². The van der Waals surface area contributed by atoms with Gasteiger partial charge in [-0.1, -0.05) is 26.0 Å². The zero-order valence-corrected chi connectivity index (χ0v) is 17.2. The Morgan fingerprint density at radius 3 is 1.94 bits per heavy atom. The van der Waals surface area contributed by atoms with Gasteiger partial charge in [-0.05, 0) is 30.0 Å². The number of amides is 1. The second-order valence-electron chi connectivity index (χ2n) is 7.45. The molecule has 0 unspecified atom stereocenters. The van der Waals surface area contributed by atoms with Crippen LogP contribution in [0.2, 0.25) is 0 Å². The molecule has 1 aliphatic heterocycles. The van der Waals surface area contributed by atoms with E-state index < -0.39 is 34.8 Å². The normalized spacial score (nSPS) is 15.2. The number of nitrogens with zero attached hydrogens (tertiary/aromatic N) is 2. The van der Waals surface area contributed by atoms with E-state index in [1.165, 1.54) is 10.5 Å². The minimum absolute atomic E-state index is 0.0641. The van der Waals surface area contributed by atoms with Crippen molar-refractivity contribution in [3.63, 3.8) is 0 Å². The van der Waals surface area contributed by atoms with Crippen LogP contribution in [-0.4, -0.2) is 43.6 Å². The molecule has 1 heterocycles. The Balaban J connectivity index is 1.57. The quantitative estimate of drug-likeness (QED) is 0.372. The minimum Gasteiger partial charge on any atom is -0.484 e. The Morgan fingerprint density at radius 1 is 0.903 bits per heavy atom. The van der Waals surface area contributed by atoms with Crippen LogP contribution in [0.4, 0.5) is 27.6 Å². The first kappa shape index (κ1) is 22.8. The van der Waals surface area contributed by atoms with Gasteiger partial charge in [-0.2, -0.15) is 0 Å². The molecule has 4 nitrogen and oxygen atoms in total. The van der Waals surface area contributed by atoms with E-state index in [0.29, 0.717) is 11.7 Å². The number of hydrogen-bond donors (Lipinski definition) is 0. The van der Waals surface area contributed by atoms with E-state index in [0.717, 1.165) is 11.3 Å². The zero-order valence-electron chi connectivity index (χ0n) is 17.2. The molecule has 9 heteroatoms. The summed E-state index contributed by atoms with van der Waals surface area (Å²) < 4.78 is 73.6. The maximum atomic E-state index is 14.0. The van der Waals surface area contributed by atoms with Crippen molar-refractivity contribution in [2.75, 3.05) is 37.7 Å². The summed E-state index contributed by atoms with van der Waals surface area (Å²) in [6.45, 7) is 3.97. The van der Waals surface area contributed by atoms with Crippen molar-refractivity contribution in [2.45, 2.75) is 26.2 Å². The molecule has 2 aromatic rings. The summed E-state index contributed by atoms with van der Waals surface area (Å²) in [5, 5.41) is 0. The van der Waals surface area contributed by atoms with Crippen molar-refractivity contribution in [1.82, 2.24) is 4.90 Å². The van der Waals surface area contributed by atoms with Crippen LogP contribution in [0.25, 0.3) is 0 Å². The molecule has 0 N–H and O–H groups in total. The lowest BCUT2D eigenvalue weighted by atomic mass is 9.99. The van der Waals surface area contributed by atoms with Crippen LogP contribution >= 0.6 is 0 Å². The van der Waals surface area contributed by atoms with Crippen LogP contribution in [0.3, 0.4) is 0 Å². The maximum absolute atomic E-state index is 14.0. The van der Waals surface area contributed by atoms with Gasteiger partial charge in [-0.15, -0.1) is 0 Å². The number of halogens is 5. The number of anilines is 1. The van der Waals surface area contributed by atoms with Crippen molar-refractivity contribution in [3.05, 3.63) is 58.9 Å². The topological polar surface area (TPSA) is 32.8 Å². The first-order valence-electron chi connectivity index (χ1n) is 10.0. The number of ether oxygens (including phenoxy) is 1. The summed E-state index contributed by atoms with van der Waals surface area (Å²) in [4.78, 5) is 14.9. The summed E-state index contributed by atoms with van der Waals surface area (Å²) in [6, 6.07) is 7.46. The Labute approximate surface area is 177 Å². The van der Waals surface area contributed by atoms with Crippen molar-refractivity contribution < 1.29 is 31.5 Å². The predicted molar refractivity (Wildman–Crippen MR) is 106 cm³/mol. The van der Waals surface area contributed by atoms with Gasteiger partial charge in [0.25, 0.3) is 5.91 Å². The van der Waals surface area contributed by atoms with E-state index in [1.807, 2.05) is 12.1 Å². The molecule has 31 heavy (non-hydrogen) atoms. The average Bonchev–Trinajstić information content (AvgIpc) is 2.80. The van der Waals surface area contributed by atoms with Crippen molar-refractivity contribution in [1.29, 1.82) is 0 Å². The Morgan fingerprint density at radius 2 is 1.42 bits per heavy atom. The molecule has 1 atom stereocenters. The molecule has 0 bridgehead atoms. The lowest BCUT2D eigenvalue weighted by molar-refractivity contribution is -0.133. The number of carbonyl (C=O) groups excluding carboxylic acids is 1. The van der Waals surface area contributed by atoms with Crippen molar-refractivity contribution in [2.24, 2.45) is 0 Å². The summed E-state index contributed by atoms with van der Waals surface area (Å²) >= 11 is 0. The highest BCUT2D eigenvalue weighted by molar-refractivity contribution is 5.78. The summed E-state index contributed by atoms with van der Waals surface area (Å²) in [5.74, 6) is -9.28. The fourth-order valence-corrected chi connectivity index (χ4v) is 3.42. The van der Waals surface area contributed by atoms with Gasteiger partial charge in [0, 0.05) is 26.2 Å². The smallest absolute Gasteiger partial charge is 0.260 e. The van der Waals surface area contributed by atoms with E-state index >= 15 is 0 Å². The van der Waals surface area contributed by atoms with Gasteiger partial charge >= 0.3 is 0 Å². The summed E-state index contributed by atoms with van der Waals surface area (Å²) in [6.07, 6.45) is 1.01. The highest BCUT2D eigenvalue weighted by Gasteiger charge is 2.31. The summed E-state index contributed by atoms with van der Waals surface area (Å²) in [5.41, 5.74) is 0.201. The van der Waals surface area contributed by atoms with Crippen LogP contribution in [0, 0.1) is 29.1 Å². The molecule has 0 spiro atoms. The summed E-state index contributed by atoms with van der Waals surface area (Å²) in [7, 11) is 0. The highest BCUT2D eigenvalue weighted by Crippen LogP contribution is 2.31.